The summed E-state index contributed by atoms with van der Waals surface area (Å²) >= 11 is 0. The number of nitrogens with zero attached hydrogens (tertiary/aromatic N) is 4. The lowest BCUT2D eigenvalue weighted by Gasteiger charge is -2.04. The molecule has 0 aliphatic rings. The highest BCUT2D eigenvalue weighted by Gasteiger charge is 2.11. The number of aromatic nitrogens is 4. The molecule has 0 unspecified atom stereocenters. The van der Waals surface area contributed by atoms with Gasteiger partial charge in [0.2, 0.25) is 0 Å². The van der Waals surface area contributed by atoms with Crippen LogP contribution in [0.3, 0.4) is 0 Å². The van der Waals surface area contributed by atoms with E-state index in [0.29, 0.717) is 17.5 Å². The van der Waals surface area contributed by atoms with Crippen LogP contribution in [0.4, 0.5) is 5.82 Å². The Hall–Kier alpha value is -3.48. The van der Waals surface area contributed by atoms with Crippen molar-refractivity contribution in [2.45, 2.75) is 6.61 Å². The molecule has 2 aromatic carbocycles. The van der Waals surface area contributed by atoms with Gasteiger partial charge in [-0.3, -0.25) is 0 Å². The lowest BCUT2D eigenvalue weighted by molar-refractivity contribution is 0.216. The first-order chi connectivity index (χ1) is 11.8. The standard InChI is InChI=1S/C17H13N5O2/c18-15-12-8-4-5-9-13(12)19-14(20-15)10-23-17-22-21-16(24-17)11-6-2-1-3-7-11/h1-9H,10H2,(H2,18,19,20). The summed E-state index contributed by atoms with van der Waals surface area (Å²) < 4.78 is 11.0. The Kier molecular flexibility index (Phi) is 3.51. The van der Waals surface area contributed by atoms with E-state index in [1.165, 1.54) is 0 Å². The maximum absolute atomic E-state index is 5.95. The Labute approximate surface area is 137 Å². The molecule has 0 atom stereocenters. The molecule has 0 saturated carbocycles. The van der Waals surface area contributed by atoms with Crippen molar-refractivity contribution >= 4 is 16.7 Å². The molecule has 0 amide bonds. The lowest BCUT2D eigenvalue weighted by Crippen LogP contribution is -2.05. The molecule has 2 N–H and O–H groups in total. The fourth-order valence-corrected chi connectivity index (χ4v) is 2.31. The van der Waals surface area contributed by atoms with Crippen molar-refractivity contribution in [2.24, 2.45) is 0 Å². The topological polar surface area (TPSA) is 100.0 Å². The smallest absolute Gasteiger partial charge is 0.415 e. The molecule has 4 rings (SSSR count). The second-order valence-electron chi connectivity index (χ2n) is 5.07. The van der Waals surface area contributed by atoms with Crippen LogP contribution in [-0.2, 0) is 6.61 Å². The number of para-hydroxylation sites is 1. The summed E-state index contributed by atoms with van der Waals surface area (Å²) in [7, 11) is 0. The molecule has 0 aliphatic heterocycles. The van der Waals surface area contributed by atoms with Gasteiger partial charge in [0.15, 0.2) is 12.4 Å². The van der Waals surface area contributed by atoms with Gasteiger partial charge in [-0.25, -0.2) is 9.97 Å². The molecule has 0 radical (unpaired) electrons. The van der Waals surface area contributed by atoms with Gasteiger partial charge in [-0.1, -0.05) is 35.4 Å². The Balaban J connectivity index is 1.52. The van der Waals surface area contributed by atoms with Crippen molar-refractivity contribution in [3.05, 3.63) is 60.4 Å². The molecule has 0 saturated heterocycles. The van der Waals surface area contributed by atoms with Gasteiger partial charge in [0.1, 0.15) is 5.82 Å². The molecule has 7 heteroatoms. The Bertz CT molecular complexity index is 985. The quantitative estimate of drug-likeness (QED) is 0.617. The van der Waals surface area contributed by atoms with Crippen molar-refractivity contribution in [2.75, 3.05) is 5.73 Å². The Morgan fingerprint density at radius 3 is 2.58 bits per heavy atom. The maximum Gasteiger partial charge on any atom is 0.415 e. The monoisotopic (exact) mass is 319 g/mol. The average molecular weight is 319 g/mol. The van der Waals surface area contributed by atoms with E-state index >= 15 is 0 Å². The van der Waals surface area contributed by atoms with Gasteiger partial charge in [0.05, 0.1) is 5.52 Å². The largest absolute Gasteiger partial charge is 0.441 e. The summed E-state index contributed by atoms with van der Waals surface area (Å²) in [6.07, 6.45) is 0.0594. The van der Waals surface area contributed by atoms with E-state index in [2.05, 4.69) is 20.2 Å². The maximum atomic E-state index is 5.95. The zero-order valence-electron chi connectivity index (χ0n) is 12.6. The molecular weight excluding hydrogens is 306 g/mol. The first kappa shape index (κ1) is 14.1. The third kappa shape index (κ3) is 2.74. The van der Waals surface area contributed by atoms with E-state index < -0.39 is 0 Å². The van der Waals surface area contributed by atoms with E-state index in [4.69, 9.17) is 14.9 Å². The lowest BCUT2D eigenvalue weighted by atomic mass is 10.2. The van der Waals surface area contributed by atoms with Crippen molar-refractivity contribution < 1.29 is 9.15 Å². The number of hydrogen-bond acceptors (Lipinski definition) is 7. The minimum Gasteiger partial charge on any atom is -0.441 e. The van der Waals surface area contributed by atoms with Crippen molar-refractivity contribution in [3.8, 4) is 17.5 Å². The minimum atomic E-state index is 0.0594. The Morgan fingerprint density at radius 1 is 0.917 bits per heavy atom. The molecule has 2 aromatic heterocycles. The number of rotatable bonds is 4. The zero-order chi connectivity index (χ0) is 16.4. The SMILES string of the molecule is Nc1nc(COc2nnc(-c3ccccc3)o2)nc2ccccc12. The van der Waals surface area contributed by atoms with Crippen molar-refractivity contribution in [1.29, 1.82) is 0 Å². The fourth-order valence-electron chi connectivity index (χ4n) is 2.31. The van der Waals surface area contributed by atoms with Gasteiger partial charge >= 0.3 is 6.08 Å². The van der Waals surface area contributed by atoms with Gasteiger partial charge in [-0.15, -0.1) is 5.10 Å². The summed E-state index contributed by atoms with van der Waals surface area (Å²) in [6.45, 7) is 0.0887. The van der Waals surface area contributed by atoms with Gasteiger partial charge in [-0.2, -0.15) is 0 Å². The Morgan fingerprint density at radius 2 is 1.71 bits per heavy atom. The summed E-state index contributed by atoms with van der Waals surface area (Å²) in [5.41, 5.74) is 7.54. The molecule has 0 bridgehead atoms. The van der Waals surface area contributed by atoms with Crippen molar-refractivity contribution in [1.82, 2.24) is 20.2 Å². The second kappa shape index (κ2) is 5.96. The first-order valence-electron chi connectivity index (χ1n) is 7.32. The summed E-state index contributed by atoms with van der Waals surface area (Å²) in [4.78, 5) is 8.64. The highest BCUT2D eigenvalue weighted by atomic mass is 16.6. The fraction of sp³-hybridized carbons (Fsp3) is 0.0588. The van der Waals surface area contributed by atoms with Crippen LogP contribution in [-0.4, -0.2) is 20.2 Å². The molecular formula is C17H13N5O2. The first-order valence-corrected chi connectivity index (χ1v) is 7.32. The third-order valence-electron chi connectivity index (χ3n) is 3.43. The van der Waals surface area contributed by atoms with E-state index in [0.717, 1.165) is 16.5 Å². The van der Waals surface area contributed by atoms with Crippen LogP contribution in [0.25, 0.3) is 22.4 Å². The molecule has 7 nitrogen and oxygen atoms in total. The van der Waals surface area contributed by atoms with E-state index in [1.807, 2.05) is 54.6 Å². The van der Waals surface area contributed by atoms with Crippen LogP contribution >= 0.6 is 0 Å². The molecule has 24 heavy (non-hydrogen) atoms. The van der Waals surface area contributed by atoms with Crippen LogP contribution in [0, 0.1) is 0 Å². The van der Waals surface area contributed by atoms with E-state index in [1.54, 1.807) is 0 Å². The highest BCUT2D eigenvalue weighted by molar-refractivity contribution is 5.87. The normalized spacial score (nSPS) is 10.8. The molecule has 118 valence electrons. The summed E-state index contributed by atoms with van der Waals surface area (Å²) in [5.74, 6) is 1.25. The van der Waals surface area contributed by atoms with Gasteiger partial charge in [0, 0.05) is 10.9 Å². The number of anilines is 1. The summed E-state index contributed by atoms with van der Waals surface area (Å²) in [5, 5.41) is 8.64. The number of ether oxygens (including phenoxy) is 1. The van der Waals surface area contributed by atoms with E-state index in [9.17, 15) is 0 Å². The minimum absolute atomic E-state index is 0.0594. The molecule has 0 fully saturated rings. The predicted octanol–water partition coefficient (Wildman–Crippen LogP) is 2.84. The second-order valence-corrected chi connectivity index (χ2v) is 5.07. The number of nitrogen functional groups attached to an aromatic ring is 1. The van der Waals surface area contributed by atoms with Crippen LogP contribution in [0.15, 0.2) is 59.0 Å². The van der Waals surface area contributed by atoms with E-state index in [-0.39, 0.29) is 12.7 Å². The number of fused-ring (bicyclic) bond motifs is 1. The number of hydrogen-bond donors (Lipinski definition) is 1. The van der Waals surface area contributed by atoms with Crippen LogP contribution in [0.1, 0.15) is 5.82 Å². The van der Waals surface area contributed by atoms with Gasteiger partial charge in [-0.05, 0) is 24.3 Å². The molecule has 2 heterocycles. The van der Waals surface area contributed by atoms with Crippen molar-refractivity contribution in [3.63, 3.8) is 0 Å². The average Bonchev–Trinajstić information content (AvgIpc) is 3.10. The zero-order valence-corrected chi connectivity index (χ0v) is 12.6. The predicted molar refractivity (Wildman–Crippen MR) is 88.0 cm³/mol. The van der Waals surface area contributed by atoms with Crippen LogP contribution in [0.2, 0.25) is 0 Å². The molecule has 0 aliphatic carbocycles. The molecule has 4 aromatic rings. The van der Waals surface area contributed by atoms with Crippen LogP contribution < -0.4 is 10.5 Å². The number of benzene rings is 2. The summed E-state index contributed by atoms with van der Waals surface area (Å²) in [6, 6.07) is 17.0. The van der Waals surface area contributed by atoms with Crippen LogP contribution in [0.5, 0.6) is 6.08 Å². The van der Waals surface area contributed by atoms with Gasteiger partial charge in [0.25, 0.3) is 5.89 Å². The third-order valence-corrected chi connectivity index (χ3v) is 3.43. The van der Waals surface area contributed by atoms with Gasteiger partial charge < -0.3 is 14.9 Å². The highest BCUT2D eigenvalue weighted by Crippen LogP contribution is 2.21. The number of nitrogens with two attached hydrogens (primary N) is 1. The molecule has 0 spiro atoms.